The van der Waals surface area contributed by atoms with Crippen molar-refractivity contribution in [1.82, 2.24) is 29.5 Å². The van der Waals surface area contributed by atoms with Crippen LogP contribution in [0.15, 0.2) is 37.2 Å². The molecule has 0 saturated carbocycles. The van der Waals surface area contributed by atoms with Crippen LogP contribution in [0.4, 0.5) is 5.82 Å². The van der Waals surface area contributed by atoms with Gasteiger partial charge >= 0.3 is 0 Å². The second kappa shape index (κ2) is 5.99. The Kier molecular flexibility index (Phi) is 3.68. The molecule has 0 amide bonds. The minimum Gasteiger partial charge on any atom is -0.348 e. The zero-order chi connectivity index (χ0) is 16.5. The number of aryl methyl sites for hydroxylation is 2. The molecule has 7 heteroatoms. The molecule has 4 heterocycles. The molecule has 1 fully saturated rings. The molecule has 0 radical (unpaired) electrons. The summed E-state index contributed by atoms with van der Waals surface area (Å²) >= 11 is 0. The lowest BCUT2D eigenvalue weighted by atomic mass is 10.1. The van der Waals surface area contributed by atoms with Gasteiger partial charge in [-0.2, -0.15) is 0 Å². The van der Waals surface area contributed by atoms with Gasteiger partial charge in [-0.05, 0) is 19.8 Å². The van der Waals surface area contributed by atoms with Gasteiger partial charge in [0.25, 0.3) is 0 Å². The quantitative estimate of drug-likeness (QED) is 0.737. The lowest BCUT2D eigenvalue weighted by molar-refractivity contribution is 0.681. The van der Waals surface area contributed by atoms with Crippen molar-refractivity contribution in [3.63, 3.8) is 0 Å². The van der Waals surface area contributed by atoms with Crippen LogP contribution in [0.3, 0.4) is 0 Å². The Bertz CT molecular complexity index is 857. The minimum atomic E-state index is 0.152. The fourth-order valence-electron chi connectivity index (χ4n) is 3.28. The average molecular weight is 321 g/mol. The Balaban J connectivity index is 1.77. The van der Waals surface area contributed by atoms with Crippen molar-refractivity contribution < 1.29 is 0 Å². The predicted molar refractivity (Wildman–Crippen MR) is 90.3 cm³/mol. The standard InChI is InChI=1S/C17H19N7/c1-12-10-14(22-11-21-12)24-8-3-4-13(24)15-16(19-6-5-18-15)17-20-7-9-23(17)2/h5-7,9-11,13H,3-4,8H2,1-2H3. The van der Waals surface area contributed by atoms with E-state index in [-0.39, 0.29) is 6.04 Å². The summed E-state index contributed by atoms with van der Waals surface area (Å²) in [7, 11) is 1.97. The highest BCUT2D eigenvalue weighted by molar-refractivity contribution is 5.56. The Morgan fingerprint density at radius 2 is 1.92 bits per heavy atom. The summed E-state index contributed by atoms with van der Waals surface area (Å²) in [6.45, 7) is 2.94. The van der Waals surface area contributed by atoms with Crippen molar-refractivity contribution >= 4 is 5.82 Å². The van der Waals surface area contributed by atoms with Crippen LogP contribution in [0, 0.1) is 6.92 Å². The molecular weight excluding hydrogens is 302 g/mol. The summed E-state index contributed by atoms with van der Waals surface area (Å²) in [4.78, 5) is 24.6. The van der Waals surface area contributed by atoms with Crippen LogP contribution in [-0.4, -0.2) is 36.0 Å². The highest BCUT2D eigenvalue weighted by atomic mass is 15.2. The molecule has 122 valence electrons. The van der Waals surface area contributed by atoms with Crippen molar-refractivity contribution in [2.45, 2.75) is 25.8 Å². The van der Waals surface area contributed by atoms with Gasteiger partial charge in [0, 0.05) is 50.1 Å². The number of imidazole rings is 1. The van der Waals surface area contributed by atoms with Crippen LogP contribution in [0.1, 0.15) is 30.3 Å². The number of anilines is 1. The molecule has 0 aromatic carbocycles. The van der Waals surface area contributed by atoms with E-state index < -0.39 is 0 Å². The first-order valence-corrected chi connectivity index (χ1v) is 8.08. The van der Waals surface area contributed by atoms with Gasteiger partial charge in [-0.3, -0.25) is 4.98 Å². The molecular formula is C17H19N7. The topological polar surface area (TPSA) is 72.6 Å². The number of hydrogen-bond acceptors (Lipinski definition) is 6. The maximum atomic E-state index is 4.66. The number of rotatable bonds is 3. The SMILES string of the molecule is Cc1cc(N2CCCC2c2nccnc2-c2nccn2C)ncn1. The highest BCUT2D eigenvalue weighted by Gasteiger charge is 2.31. The second-order valence-corrected chi connectivity index (χ2v) is 6.02. The van der Waals surface area contributed by atoms with Crippen molar-refractivity contribution in [2.24, 2.45) is 7.05 Å². The average Bonchev–Trinajstić information content (AvgIpc) is 3.23. The monoisotopic (exact) mass is 321 g/mol. The van der Waals surface area contributed by atoms with Gasteiger partial charge in [-0.25, -0.2) is 19.9 Å². The first-order valence-electron chi connectivity index (χ1n) is 8.08. The van der Waals surface area contributed by atoms with Crippen molar-refractivity contribution in [3.8, 4) is 11.5 Å². The molecule has 3 aromatic rings. The zero-order valence-corrected chi connectivity index (χ0v) is 13.8. The van der Waals surface area contributed by atoms with Crippen LogP contribution in [0.2, 0.25) is 0 Å². The molecule has 7 nitrogen and oxygen atoms in total. The largest absolute Gasteiger partial charge is 0.348 e. The first-order chi connectivity index (χ1) is 11.7. The maximum absolute atomic E-state index is 4.66. The van der Waals surface area contributed by atoms with Gasteiger partial charge in [-0.15, -0.1) is 0 Å². The summed E-state index contributed by atoms with van der Waals surface area (Å²) in [5, 5.41) is 0. The Morgan fingerprint density at radius 3 is 2.71 bits per heavy atom. The van der Waals surface area contributed by atoms with E-state index in [0.717, 1.165) is 48.1 Å². The van der Waals surface area contributed by atoms with E-state index in [2.05, 4.69) is 29.8 Å². The van der Waals surface area contributed by atoms with Crippen LogP contribution in [0.25, 0.3) is 11.5 Å². The molecule has 3 aromatic heterocycles. The number of nitrogens with zero attached hydrogens (tertiary/aromatic N) is 7. The summed E-state index contributed by atoms with van der Waals surface area (Å²) in [5.41, 5.74) is 2.77. The third kappa shape index (κ3) is 2.51. The van der Waals surface area contributed by atoms with E-state index in [1.807, 2.05) is 30.8 Å². The zero-order valence-electron chi connectivity index (χ0n) is 13.8. The Hall–Kier alpha value is -2.83. The Labute approximate surface area is 140 Å². The van der Waals surface area contributed by atoms with Crippen molar-refractivity contribution in [3.05, 3.63) is 48.6 Å². The van der Waals surface area contributed by atoms with E-state index in [9.17, 15) is 0 Å². The van der Waals surface area contributed by atoms with Crippen molar-refractivity contribution in [1.29, 1.82) is 0 Å². The highest BCUT2D eigenvalue weighted by Crippen LogP contribution is 2.37. The fourth-order valence-corrected chi connectivity index (χ4v) is 3.28. The summed E-state index contributed by atoms with van der Waals surface area (Å²) in [6, 6.07) is 2.18. The molecule has 24 heavy (non-hydrogen) atoms. The lowest BCUT2D eigenvalue weighted by Gasteiger charge is -2.26. The van der Waals surface area contributed by atoms with Crippen LogP contribution < -0.4 is 4.90 Å². The van der Waals surface area contributed by atoms with E-state index in [1.54, 1.807) is 24.9 Å². The van der Waals surface area contributed by atoms with Crippen LogP contribution in [0.5, 0.6) is 0 Å². The lowest BCUT2D eigenvalue weighted by Crippen LogP contribution is -2.25. The fraction of sp³-hybridized carbons (Fsp3) is 0.353. The minimum absolute atomic E-state index is 0.152. The summed E-state index contributed by atoms with van der Waals surface area (Å²) in [6.07, 6.45) is 10.9. The Morgan fingerprint density at radius 1 is 1.04 bits per heavy atom. The van der Waals surface area contributed by atoms with E-state index in [1.165, 1.54) is 0 Å². The van der Waals surface area contributed by atoms with Crippen molar-refractivity contribution in [2.75, 3.05) is 11.4 Å². The molecule has 1 aliphatic heterocycles. The maximum Gasteiger partial charge on any atom is 0.160 e. The molecule has 0 aliphatic carbocycles. The molecule has 1 saturated heterocycles. The van der Waals surface area contributed by atoms with E-state index in [4.69, 9.17) is 0 Å². The molecule has 1 aliphatic rings. The van der Waals surface area contributed by atoms with E-state index >= 15 is 0 Å². The molecule has 1 atom stereocenters. The number of hydrogen-bond donors (Lipinski definition) is 0. The third-order valence-electron chi connectivity index (χ3n) is 4.41. The van der Waals surface area contributed by atoms with E-state index in [0.29, 0.717) is 0 Å². The smallest absolute Gasteiger partial charge is 0.160 e. The molecule has 0 bridgehead atoms. The summed E-state index contributed by atoms with van der Waals surface area (Å²) < 4.78 is 1.97. The molecule has 1 unspecified atom stereocenters. The van der Waals surface area contributed by atoms with Gasteiger partial charge in [0.05, 0.1) is 11.7 Å². The normalized spacial score (nSPS) is 17.4. The van der Waals surface area contributed by atoms with Gasteiger partial charge < -0.3 is 9.47 Å². The summed E-state index contributed by atoms with van der Waals surface area (Å²) in [5.74, 6) is 1.78. The van der Waals surface area contributed by atoms with Gasteiger partial charge in [0.15, 0.2) is 5.82 Å². The number of aromatic nitrogens is 6. The van der Waals surface area contributed by atoms with Crippen LogP contribution >= 0.6 is 0 Å². The predicted octanol–water partition coefficient (Wildman–Crippen LogP) is 2.32. The van der Waals surface area contributed by atoms with Gasteiger partial charge in [0.1, 0.15) is 17.8 Å². The first kappa shape index (κ1) is 14.7. The third-order valence-corrected chi connectivity index (χ3v) is 4.41. The van der Waals surface area contributed by atoms with Gasteiger partial charge in [-0.1, -0.05) is 0 Å². The van der Waals surface area contributed by atoms with Crippen LogP contribution in [-0.2, 0) is 7.05 Å². The molecule has 4 rings (SSSR count). The van der Waals surface area contributed by atoms with Gasteiger partial charge in [0.2, 0.25) is 0 Å². The molecule has 0 N–H and O–H groups in total. The molecule has 0 spiro atoms. The second-order valence-electron chi connectivity index (χ2n) is 6.02.